The first-order chi connectivity index (χ1) is 9.13. The average Bonchev–Trinajstić information content (AvgIpc) is 2.45. The number of hydrogen-bond acceptors (Lipinski definition) is 3. The van der Waals surface area contributed by atoms with Gasteiger partial charge in [0.25, 0.3) is 0 Å². The first-order valence-electron chi connectivity index (χ1n) is 6.40. The number of primary amides is 1. The van der Waals surface area contributed by atoms with Crippen LogP contribution in [0.2, 0.25) is 0 Å². The Labute approximate surface area is 114 Å². The summed E-state index contributed by atoms with van der Waals surface area (Å²) in [5, 5.41) is 5.39. The molecular formula is C14H23N3O2. The van der Waals surface area contributed by atoms with Crippen LogP contribution in [0.1, 0.15) is 19.4 Å². The van der Waals surface area contributed by atoms with Crippen molar-refractivity contribution >= 4 is 11.8 Å². The normalized spacial score (nSPS) is 10.9. The van der Waals surface area contributed by atoms with Gasteiger partial charge in [0.15, 0.2) is 0 Å². The van der Waals surface area contributed by atoms with Crippen LogP contribution in [-0.2, 0) is 16.0 Å². The van der Waals surface area contributed by atoms with Crippen molar-refractivity contribution in [1.29, 1.82) is 0 Å². The summed E-state index contributed by atoms with van der Waals surface area (Å²) in [7, 11) is 1.71. The minimum atomic E-state index is -0.548. The summed E-state index contributed by atoms with van der Waals surface area (Å²) < 4.78 is 0. The molecule has 1 unspecified atom stereocenters. The maximum atomic E-state index is 11.7. The van der Waals surface area contributed by atoms with Gasteiger partial charge in [0.05, 0.1) is 12.6 Å². The summed E-state index contributed by atoms with van der Waals surface area (Å²) in [4.78, 5) is 22.3. The molecule has 0 bridgehead atoms. The maximum absolute atomic E-state index is 11.7. The average molecular weight is 265 g/mol. The fourth-order valence-electron chi connectivity index (χ4n) is 1.47. The Kier molecular flexibility index (Phi) is 9.08. The van der Waals surface area contributed by atoms with Gasteiger partial charge in [0, 0.05) is 0 Å². The Hall–Kier alpha value is -1.88. The van der Waals surface area contributed by atoms with E-state index in [2.05, 4.69) is 10.6 Å². The van der Waals surface area contributed by atoms with Gasteiger partial charge >= 0.3 is 0 Å². The summed E-state index contributed by atoms with van der Waals surface area (Å²) >= 11 is 0. The first kappa shape index (κ1) is 17.1. The highest BCUT2D eigenvalue weighted by Crippen LogP contribution is 2.02. The number of hydrogen-bond donors (Lipinski definition) is 3. The van der Waals surface area contributed by atoms with Crippen LogP contribution in [0, 0.1) is 0 Å². The lowest BCUT2D eigenvalue weighted by atomic mass is 10.1. The van der Waals surface area contributed by atoms with Crippen molar-refractivity contribution in [1.82, 2.24) is 10.6 Å². The van der Waals surface area contributed by atoms with Gasteiger partial charge in [-0.05, 0) is 19.0 Å². The van der Waals surface area contributed by atoms with Crippen molar-refractivity contribution < 1.29 is 9.59 Å². The van der Waals surface area contributed by atoms with E-state index >= 15 is 0 Å². The number of amides is 2. The highest BCUT2D eigenvalue weighted by molar-refractivity contribution is 5.86. The number of carbonyl (C=O) groups is 2. The molecule has 1 rings (SSSR count). The molecular weight excluding hydrogens is 242 g/mol. The van der Waals surface area contributed by atoms with Crippen LogP contribution in [0.25, 0.3) is 0 Å². The van der Waals surface area contributed by atoms with Crippen LogP contribution in [0.15, 0.2) is 30.3 Å². The minimum absolute atomic E-state index is 0.133. The number of nitrogens with one attached hydrogen (secondary N) is 2. The largest absolute Gasteiger partial charge is 0.368 e. The van der Waals surface area contributed by atoms with E-state index in [-0.39, 0.29) is 18.5 Å². The molecule has 0 aliphatic rings. The lowest BCUT2D eigenvalue weighted by molar-refractivity contribution is -0.126. The molecule has 1 aromatic rings. The highest BCUT2D eigenvalue weighted by Gasteiger charge is 2.16. The van der Waals surface area contributed by atoms with Crippen molar-refractivity contribution in [2.75, 3.05) is 13.6 Å². The van der Waals surface area contributed by atoms with Crippen LogP contribution >= 0.6 is 0 Å². The standard InChI is InChI=1S/C12H17N3O2.C2H6/c1-14-10(12(17)15-8-11(13)16)7-9-5-3-2-4-6-9;1-2/h2-6,10,14H,7-8H2,1H3,(H2,13,16)(H,15,17);1-2H3. The molecule has 0 saturated heterocycles. The van der Waals surface area contributed by atoms with Gasteiger partial charge in [0.2, 0.25) is 11.8 Å². The molecule has 5 heteroatoms. The Morgan fingerprint density at radius 1 is 1.21 bits per heavy atom. The lowest BCUT2D eigenvalue weighted by Gasteiger charge is -2.15. The van der Waals surface area contributed by atoms with Gasteiger partial charge in [-0.2, -0.15) is 0 Å². The van der Waals surface area contributed by atoms with Gasteiger partial charge in [-0.1, -0.05) is 44.2 Å². The molecule has 0 fully saturated rings. The van der Waals surface area contributed by atoms with Crippen molar-refractivity contribution in [2.45, 2.75) is 26.3 Å². The van der Waals surface area contributed by atoms with Crippen LogP contribution in [0.4, 0.5) is 0 Å². The third kappa shape index (κ3) is 7.21. The Morgan fingerprint density at radius 2 is 1.79 bits per heavy atom. The zero-order chi connectivity index (χ0) is 14.7. The third-order valence-corrected chi connectivity index (χ3v) is 2.38. The maximum Gasteiger partial charge on any atom is 0.237 e. The zero-order valence-electron chi connectivity index (χ0n) is 11.8. The van der Waals surface area contributed by atoms with E-state index in [1.807, 2.05) is 44.2 Å². The molecule has 0 heterocycles. The van der Waals surface area contributed by atoms with Crippen LogP contribution in [0.5, 0.6) is 0 Å². The van der Waals surface area contributed by atoms with Crippen LogP contribution < -0.4 is 16.4 Å². The molecule has 0 aromatic heterocycles. The van der Waals surface area contributed by atoms with Gasteiger partial charge in [-0.15, -0.1) is 0 Å². The molecule has 0 spiro atoms. The predicted molar refractivity (Wildman–Crippen MR) is 76.5 cm³/mol. The molecule has 0 aliphatic carbocycles. The minimum Gasteiger partial charge on any atom is -0.368 e. The highest BCUT2D eigenvalue weighted by atomic mass is 16.2. The van der Waals surface area contributed by atoms with Gasteiger partial charge in [-0.3, -0.25) is 9.59 Å². The molecule has 0 saturated carbocycles. The molecule has 1 aromatic carbocycles. The summed E-state index contributed by atoms with van der Waals surface area (Å²) in [6, 6.07) is 9.30. The second-order valence-electron chi connectivity index (χ2n) is 3.72. The monoisotopic (exact) mass is 265 g/mol. The topological polar surface area (TPSA) is 84.2 Å². The fraction of sp³-hybridized carbons (Fsp3) is 0.429. The molecule has 4 N–H and O–H groups in total. The second-order valence-corrected chi connectivity index (χ2v) is 3.72. The second kappa shape index (κ2) is 10.1. The number of carbonyl (C=O) groups excluding carboxylic acids is 2. The summed E-state index contributed by atoms with van der Waals surface area (Å²) in [6.07, 6.45) is 0.571. The lowest BCUT2D eigenvalue weighted by Crippen LogP contribution is -2.46. The van der Waals surface area contributed by atoms with E-state index in [0.29, 0.717) is 6.42 Å². The molecule has 0 aliphatic heterocycles. The van der Waals surface area contributed by atoms with E-state index < -0.39 is 5.91 Å². The number of likely N-dealkylation sites (N-methyl/N-ethyl adjacent to an activating group) is 1. The summed E-state index contributed by atoms with van der Waals surface area (Å²) in [6.45, 7) is 3.87. The van der Waals surface area contributed by atoms with E-state index in [9.17, 15) is 9.59 Å². The van der Waals surface area contributed by atoms with Gasteiger partial charge in [-0.25, -0.2) is 0 Å². The number of rotatable bonds is 6. The predicted octanol–water partition coefficient (Wildman–Crippen LogP) is 0.445. The van der Waals surface area contributed by atoms with E-state index in [0.717, 1.165) is 5.56 Å². The molecule has 106 valence electrons. The van der Waals surface area contributed by atoms with E-state index in [1.165, 1.54) is 0 Å². The van der Waals surface area contributed by atoms with Gasteiger partial charge in [0.1, 0.15) is 0 Å². The Morgan fingerprint density at radius 3 is 2.26 bits per heavy atom. The number of nitrogens with two attached hydrogens (primary N) is 1. The number of benzene rings is 1. The van der Waals surface area contributed by atoms with Crippen molar-refractivity contribution in [3.63, 3.8) is 0 Å². The molecule has 19 heavy (non-hydrogen) atoms. The smallest absolute Gasteiger partial charge is 0.237 e. The Bertz CT molecular complexity index is 380. The van der Waals surface area contributed by atoms with Crippen LogP contribution in [-0.4, -0.2) is 31.4 Å². The van der Waals surface area contributed by atoms with E-state index in [1.54, 1.807) is 7.05 Å². The third-order valence-electron chi connectivity index (χ3n) is 2.38. The Balaban J connectivity index is 0.00000154. The zero-order valence-corrected chi connectivity index (χ0v) is 11.8. The first-order valence-corrected chi connectivity index (χ1v) is 6.40. The molecule has 0 radical (unpaired) electrons. The summed E-state index contributed by atoms with van der Waals surface area (Å²) in [5.41, 5.74) is 6.02. The quantitative estimate of drug-likeness (QED) is 0.698. The van der Waals surface area contributed by atoms with Crippen molar-refractivity contribution in [3.05, 3.63) is 35.9 Å². The van der Waals surface area contributed by atoms with Crippen molar-refractivity contribution in [3.8, 4) is 0 Å². The van der Waals surface area contributed by atoms with E-state index in [4.69, 9.17) is 5.73 Å². The van der Waals surface area contributed by atoms with Crippen molar-refractivity contribution in [2.24, 2.45) is 5.73 Å². The van der Waals surface area contributed by atoms with Gasteiger partial charge < -0.3 is 16.4 Å². The summed E-state index contributed by atoms with van der Waals surface area (Å²) in [5.74, 6) is -0.775. The SMILES string of the molecule is CC.CNC(Cc1ccccc1)C(=O)NCC(N)=O. The van der Waals surface area contributed by atoms with Crippen LogP contribution in [0.3, 0.4) is 0 Å². The molecule has 1 atom stereocenters. The molecule has 2 amide bonds. The fourth-order valence-corrected chi connectivity index (χ4v) is 1.47. The molecule has 5 nitrogen and oxygen atoms in total.